The highest BCUT2D eigenvalue weighted by Gasteiger charge is 2.11. The fourth-order valence-corrected chi connectivity index (χ4v) is 2.86. The van der Waals surface area contributed by atoms with Gasteiger partial charge >= 0.3 is 0 Å². The molecule has 0 radical (unpaired) electrons. The lowest BCUT2D eigenvalue weighted by atomic mass is 9.99. The normalized spacial score (nSPS) is 12.8. The lowest BCUT2D eigenvalue weighted by molar-refractivity contribution is 0.610. The molecule has 2 aromatic rings. The Morgan fingerprint density at radius 1 is 1.12 bits per heavy atom. The zero-order valence-corrected chi connectivity index (χ0v) is 11.3. The van der Waals surface area contributed by atoms with Gasteiger partial charge in [0.2, 0.25) is 0 Å². The molecule has 1 unspecified atom stereocenters. The molecule has 1 N–H and O–H groups in total. The van der Waals surface area contributed by atoms with Gasteiger partial charge in [-0.2, -0.15) is 11.8 Å². The van der Waals surface area contributed by atoms with Crippen LogP contribution in [-0.2, 0) is 0 Å². The first-order valence-corrected chi connectivity index (χ1v) is 7.46. The van der Waals surface area contributed by atoms with Gasteiger partial charge in [-0.25, -0.2) is 0 Å². The smallest absolute Gasteiger partial charge is 0.0417 e. The summed E-state index contributed by atoms with van der Waals surface area (Å²) in [5.74, 6) is 1.11. The van der Waals surface area contributed by atoms with Crippen LogP contribution >= 0.6 is 11.8 Å². The van der Waals surface area contributed by atoms with Crippen molar-refractivity contribution in [2.45, 2.75) is 13.0 Å². The van der Waals surface area contributed by atoms with Crippen molar-refractivity contribution in [3.63, 3.8) is 0 Å². The van der Waals surface area contributed by atoms with Crippen molar-refractivity contribution >= 4 is 22.5 Å². The van der Waals surface area contributed by atoms with E-state index in [-0.39, 0.29) is 0 Å². The van der Waals surface area contributed by atoms with Crippen LogP contribution in [-0.4, -0.2) is 18.6 Å². The highest BCUT2D eigenvalue weighted by Crippen LogP contribution is 2.26. The first-order chi connectivity index (χ1) is 8.36. The number of hydrogen-bond donors (Lipinski definition) is 1. The molecule has 0 saturated heterocycles. The molecule has 0 aromatic heterocycles. The standard InChI is InChI=1S/C15H19NS/c1-3-16-15(11-17-2)14-10-6-8-12-7-4-5-9-13(12)14/h4-10,15-16H,3,11H2,1-2H3. The van der Waals surface area contributed by atoms with Crippen LogP contribution in [0.25, 0.3) is 10.8 Å². The Morgan fingerprint density at radius 2 is 1.88 bits per heavy atom. The van der Waals surface area contributed by atoms with E-state index in [1.807, 2.05) is 11.8 Å². The Hall–Kier alpha value is -0.990. The summed E-state index contributed by atoms with van der Waals surface area (Å²) in [6.07, 6.45) is 2.16. The predicted octanol–water partition coefficient (Wildman–Crippen LogP) is 3.85. The Morgan fingerprint density at radius 3 is 2.65 bits per heavy atom. The average Bonchev–Trinajstić information content (AvgIpc) is 2.38. The van der Waals surface area contributed by atoms with Gasteiger partial charge in [-0.3, -0.25) is 0 Å². The van der Waals surface area contributed by atoms with E-state index in [1.165, 1.54) is 16.3 Å². The van der Waals surface area contributed by atoms with E-state index < -0.39 is 0 Å². The minimum atomic E-state index is 0.445. The summed E-state index contributed by atoms with van der Waals surface area (Å²) in [6, 6.07) is 15.6. The Balaban J connectivity index is 2.44. The number of rotatable bonds is 5. The van der Waals surface area contributed by atoms with Crippen LogP contribution in [0.4, 0.5) is 0 Å². The maximum atomic E-state index is 3.57. The predicted molar refractivity (Wildman–Crippen MR) is 78.7 cm³/mol. The van der Waals surface area contributed by atoms with Crippen molar-refractivity contribution in [3.8, 4) is 0 Å². The van der Waals surface area contributed by atoms with Gasteiger partial charge in [0, 0.05) is 11.8 Å². The van der Waals surface area contributed by atoms with E-state index in [2.05, 4.69) is 61.0 Å². The van der Waals surface area contributed by atoms with Crippen molar-refractivity contribution in [2.24, 2.45) is 0 Å². The van der Waals surface area contributed by atoms with Gasteiger partial charge in [0.25, 0.3) is 0 Å². The molecule has 0 spiro atoms. The molecule has 0 aliphatic heterocycles. The van der Waals surface area contributed by atoms with Crippen LogP contribution in [0.15, 0.2) is 42.5 Å². The van der Waals surface area contributed by atoms with Gasteiger partial charge < -0.3 is 5.32 Å². The largest absolute Gasteiger partial charge is 0.309 e. The third-order valence-corrected chi connectivity index (χ3v) is 3.65. The molecule has 2 heteroatoms. The number of nitrogens with one attached hydrogen (secondary N) is 1. The van der Waals surface area contributed by atoms with Gasteiger partial charge in [0.1, 0.15) is 0 Å². The summed E-state index contributed by atoms with van der Waals surface area (Å²) in [6.45, 7) is 3.17. The molecule has 17 heavy (non-hydrogen) atoms. The molecule has 1 atom stereocenters. The lowest BCUT2D eigenvalue weighted by Crippen LogP contribution is -2.23. The topological polar surface area (TPSA) is 12.0 Å². The molecule has 0 heterocycles. The summed E-state index contributed by atoms with van der Waals surface area (Å²) < 4.78 is 0. The second-order valence-corrected chi connectivity index (χ2v) is 5.04. The van der Waals surface area contributed by atoms with Gasteiger partial charge in [0.15, 0.2) is 0 Å². The minimum absolute atomic E-state index is 0.445. The summed E-state index contributed by atoms with van der Waals surface area (Å²) in [4.78, 5) is 0. The van der Waals surface area contributed by atoms with Crippen LogP contribution in [0.1, 0.15) is 18.5 Å². The van der Waals surface area contributed by atoms with Gasteiger partial charge in [-0.1, -0.05) is 49.4 Å². The molecule has 2 aromatic carbocycles. The van der Waals surface area contributed by atoms with Crippen molar-refractivity contribution in [1.29, 1.82) is 0 Å². The third kappa shape index (κ3) is 2.82. The fraction of sp³-hybridized carbons (Fsp3) is 0.333. The third-order valence-electron chi connectivity index (χ3n) is 2.98. The van der Waals surface area contributed by atoms with Gasteiger partial charge in [-0.15, -0.1) is 0 Å². The molecule has 0 saturated carbocycles. The van der Waals surface area contributed by atoms with Crippen LogP contribution in [0, 0.1) is 0 Å². The van der Waals surface area contributed by atoms with E-state index in [0.717, 1.165) is 12.3 Å². The number of thioether (sulfide) groups is 1. The van der Waals surface area contributed by atoms with E-state index in [4.69, 9.17) is 0 Å². The van der Waals surface area contributed by atoms with E-state index >= 15 is 0 Å². The summed E-state index contributed by atoms with van der Waals surface area (Å²) in [5, 5.41) is 6.27. The molecular weight excluding hydrogens is 226 g/mol. The molecule has 1 nitrogen and oxygen atoms in total. The molecule has 0 bridgehead atoms. The highest BCUT2D eigenvalue weighted by atomic mass is 32.2. The zero-order chi connectivity index (χ0) is 12.1. The second kappa shape index (κ2) is 6.08. The maximum absolute atomic E-state index is 3.57. The molecule has 0 aliphatic carbocycles. The van der Waals surface area contributed by atoms with E-state index in [1.54, 1.807) is 0 Å². The quantitative estimate of drug-likeness (QED) is 0.858. The summed E-state index contributed by atoms with van der Waals surface area (Å²) in [7, 11) is 0. The van der Waals surface area contributed by atoms with Gasteiger partial charge in [-0.05, 0) is 29.1 Å². The summed E-state index contributed by atoms with van der Waals surface area (Å²) >= 11 is 1.89. The number of fused-ring (bicyclic) bond motifs is 1. The maximum Gasteiger partial charge on any atom is 0.0417 e. The minimum Gasteiger partial charge on any atom is -0.309 e. The molecule has 0 aliphatic rings. The van der Waals surface area contributed by atoms with Crippen LogP contribution in [0.5, 0.6) is 0 Å². The molecule has 0 fully saturated rings. The Bertz CT molecular complexity index is 470. The van der Waals surface area contributed by atoms with Gasteiger partial charge in [0.05, 0.1) is 0 Å². The monoisotopic (exact) mass is 245 g/mol. The SMILES string of the molecule is CCNC(CSC)c1cccc2ccccc12. The highest BCUT2D eigenvalue weighted by molar-refractivity contribution is 7.98. The Labute approximate surface area is 108 Å². The average molecular weight is 245 g/mol. The van der Waals surface area contributed by atoms with E-state index in [9.17, 15) is 0 Å². The Kier molecular flexibility index (Phi) is 4.46. The fourth-order valence-electron chi connectivity index (χ4n) is 2.23. The first kappa shape index (κ1) is 12.5. The summed E-state index contributed by atoms with van der Waals surface area (Å²) in [5.41, 5.74) is 1.42. The van der Waals surface area contributed by atoms with Crippen LogP contribution < -0.4 is 5.32 Å². The second-order valence-electron chi connectivity index (χ2n) is 4.13. The van der Waals surface area contributed by atoms with Crippen molar-refractivity contribution in [3.05, 3.63) is 48.0 Å². The van der Waals surface area contributed by atoms with E-state index in [0.29, 0.717) is 6.04 Å². The number of hydrogen-bond acceptors (Lipinski definition) is 2. The first-order valence-electron chi connectivity index (χ1n) is 6.06. The van der Waals surface area contributed by atoms with Crippen molar-refractivity contribution in [2.75, 3.05) is 18.6 Å². The van der Waals surface area contributed by atoms with Crippen molar-refractivity contribution < 1.29 is 0 Å². The van der Waals surface area contributed by atoms with Crippen LogP contribution in [0.2, 0.25) is 0 Å². The molecule has 90 valence electrons. The molecular formula is C15H19NS. The van der Waals surface area contributed by atoms with Crippen molar-refractivity contribution in [1.82, 2.24) is 5.32 Å². The molecule has 2 rings (SSSR count). The van der Waals surface area contributed by atoms with Crippen LogP contribution in [0.3, 0.4) is 0 Å². The molecule has 0 amide bonds. The number of benzene rings is 2. The lowest BCUT2D eigenvalue weighted by Gasteiger charge is -2.19. The zero-order valence-electron chi connectivity index (χ0n) is 10.4.